The van der Waals surface area contributed by atoms with E-state index >= 15 is 0 Å². The lowest BCUT2D eigenvalue weighted by atomic mass is 9.66. The number of hydrogen-bond donors (Lipinski definition) is 3. The zero-order chi connectivity index (χ0) is 26.8. The van der Waals surface area contributed by atoms with Crippen molar-refractivity contribution in [3.8, 4) is 0 Å². The van der Waals surface area contributed by atoms with Crippen LogP contribution < -0.4 is 10.6 Å². The molecule has 1 spiro atoms. The molecule has 0 aliphatic carbocycles. The molecule has 3 heterocycles. The van der Waals surface area contributed by atoms with Crippen molar-refractivity contribution < 1.29 is 19.5 Å². The minimum absolute atomic E-state index is 0.118. The van der Waals surface area contributed by atoms with Gasteiger partial charge in [0.25, 0.3) is 0 Å². The molecule has 0 aromatic heterocycles. The summed E-state index contributed by atoms with van der Waals surface area (Å²) in [6, 6.07) is 8.64. The van der Waals surface area contributed by atoms with Gasteiger partial charge in [0.2, 0.25) is 17.7 Å². The average Bonchev–Trinajstić information content (AvgIpc) is 3.45. The van der Waals surface area contributed by atoms with Gasteiger partial charge in [0.15, 0.2) is 0 Å². The maximum Gasteiger partial charge on any atom is 0.244 e. The number of likely N-dealkylation sites (tertiary alicyclic amines) is 1. The van der Waals surface area contributed by atoms with Crippen LogP contribution in [0.15, 0.2) is 30.3 Å². The number of hydrogen-bond acceptors (Lipinski definition) is 5. The van der Waals surface area contributed by atoms with Gasteiger partial charge in [-0.2, -0.15) is 0 Å². The molecular formula is C29H43N3O4S. The van der Waals surface area contributed by atoms with Gasteiger partial charge in [0.1, 0.15) is 6.04 Å². The first-order valence-corrected chi connectivity index (χ1v) is 14.7. The fourth-order valence-electron chi connectivity index (χ4n) is 6.86. The lowest BCUT2D eigenvalue weighted by Crippen LogP contribution is -2.56. The number of carbonyl (C=O) groups is 3. The molecule has 204 valence electrons. The van der Waals surface area contributed by atoms with Crippen LogP contribution in [-0.2, 0) is 20.9 Å². The van der Waals surface area contributed by atoms with Crippen molar-refractivity contribution in [2.75, 3.05) is 13.2 Å². The van der Waals surface area contributed by atoms with E-state index in [9.17, 15) is 19.5 Å². The highest BCUT2D eigenvalue weighted by molar-refractivity contribution is 8.02. The largest absolute Gasteiger partial charge is 0.394 e. The Morgan fingerprint density at radius 1 is 1.14 bits per heavy atom. The van der Waals surface area contributed by atoms with Gasteiger partial charge in [-0.1, -0.05) is 63.9 Å². The molecular weight excluding hydrogens is 486 g/mol. The molecule has 3 fully saturated rings. The molecule has 0 radical (unpaired) electrons. The highest BCUT2D eigenvalue weighted by Crippen LogP contribution is 2.71. The van der Waals surface area contributed by atoms with Crippen LogP contribution >= 0.6 is 11.8 Å². The summed E-state index contributed by atoms with van der Waals surface area (Å²) in [5.41, 5.74) is 1.01. The normalized spacial score (nSPS) is 31.0. The second-order valence-corrected chi connectivity index (χ2v) is 13.5. The molecule has 7 nitrogen and oxygen atoms in total. The average molecular weight is 530 g/mol. The van der Waals surface area contributed by atoms with Gasteiger partial charge in [-0.05, 0) is 44.1 Å². The summed E-state index contributed by atoms with van der Waals surface area (Å²) < 4.78 is -1.06. The van der Waals surface area contributed by atoms with Crippen LogP contribution in [0, 0.1) is 17.8 Å². The molecule has 6 atom stereocenters. The quantitative estimate of drug-likeness (QED) is 0.360. The Morgan fingerprint density at radius 2 is 1.86 bits per heavy atom. The van der Waals surface area contributed by atoms with Gasteiger partial charge < -0.3 is 20.6 Å². The minimum Gasteiger partial charge on any atom is -0.394 e. The van der Waals surface area contributed by atoms with Crippen molar-refractivity contribution >= 4 is 29.5 Å². The smallest absolute Gasteiger partial charge is 0.244 e. The van der Waals surface area contributed by atoms with Crippen molar-refractivity contribution in [3.05, 3.63) is 35.9 Å². The zero-order valence-corrected chi connectivity index (χ0v) is 23.5. The van der Waals surface area contributed by atoms with E-state index in [4.69, 9.17) is 0 Å². The maximum absolute atomic E-state index is 14.2. The SMILES string of the molecule is CCCCCNC(=O)C1N([C@@H](CO)CC(C)C)C(=O)[C@@H]2[C@H](C(=O)NCc3ccccc3)[C@]3(C)CCC12S3. The van der Waals surface area contributed by atoms with Gasteiger partial charge in [0, 0.05) is 17.8 Å². The number of benzene rings is 1. The van der Waals surface area contributed by atoms with Gasteiger partial charge in [0.05, 0.1) is 29.2 Å². The van der Waals surface area contributed by atoms with E-state index in [1.165, 1.54) is 0 Å². The number of amides is 3. The molecule has 37 heavy (non-hydrogen) atoms. The molecule has 3 amide bonds. The third-order valence-corrected chi connectivity index (χ3v) is 10.5. The van der Waals surface area contributed by atoms with Gasteiger partial charge >= 0.3 is 0 Å². The van der Waals surface area contributed by atoms with Crippen LogP contribution in [-0.4, -0.2) is 62.5 Å². The molecule has 0 saturated carbocycles. The molecule has 2 bridgehead atoms. The number of unbranched alkanes of at least 4 members (excludes halogenated alkanes) is 2. The van der Waals surface area contributed by atoms with Gasteiger partial charge in [-0.15, -0.1) is 11.8 Å². The number of rotatable bonds is 12. The summed E-state index contributed by atoms with van der Waals surface area (Å²) in [4.78, 5) is 43.4. The van der Waals surface area contributed by atoms with Crippen molar-refractivity contribution in [2.45, 2.75) is 94.3 Å². The molecule has 4 rings (SSSR count). The lowest BCUT2D eigenvalue weighted by Gasteiger charge is -2.37. The first kappa shape index (κ1) is 28.0. The van der Waals surface area contributed by atoms with Crippen LogP contribution in [0.25, 0.3) is 0 Å². The van der Waals surface area contributed by atoms with Crippen LogP contribution in [0.3, 0.4) is 0 Å². The van der Waals surface area contributed by atoms with Crippen LogP contribution in [0.1, 0.15) is 71.8 Å². The Kier molecular flexibility index (Phi) is 8.58. The Bertz CT molecular complexity index is 989. The highest BCUT2D eigenvalue weighted by atomic mass is 32.2. The predicted octanol–water partition coefficient (Wildman–Crippen LogP) is 3.50. The summed E-state index contributed by atoms with van der Waals surface area (Å²) in [6.07, 6.45) is 5.10. The van der Waals surface area contributed by atoms with E-state index in [-0.39, 0.29) is 30.2 Å². The van der Waals surface area contributed by atoms with Crippen molar-refractivity contribution in [3.63, 3.8) is 0 Å². The van der Waals surface area contributed by atoms with Crippen molar-refractivity contribution in [1.29, 1.82) is 0 Å². The van der Waals surface area contributed by atoms with Crippen molar-refractivity contribution in [2.24, 2.45) is 17.8 Å². The van der Waals surface area contributed by atoms with E-state index < -0.39 is 33.4 Å². The fraction of sp³-hybridized carbons (Fsp3) is 0.690. The van der Waals surface area contributed by atoms with E-state index in [1.807, 2.05) is 30.3 Å². The molecule has 1 aromatic carbocycles. The Hall–Kier alpha value is -2.06. The Labute approximate surface area is 225 Å². The monoisotopic (exact) mass is 529 g/mol. The summed E-state index contributed by atoms with van der Waals surface area (Å²) in [7, 11) is 0. The van der Waals surface area contributed by atoms with Gasteiger partial charge in [-0.25, -0.2) is 0 Å². The highest BCUT2D eigenvalue weighted by Gasteiger charge is 2.77. The Morgan fingerprint density at radius 3 is 2.51 bits per heavy atom. The van der Waals surface area contributed by atoms with Crippen LogP contribution in [0.2, 0.25) is 0 Å². The van der Waals surface area contributed by atoms with E-state index in [1.54, 1.807) is 16.7 Å². The molecule has 1 aromatic rings. The summed E-state index contributed by atoms with van der Waals surface area (Å²) >= 11 is 1.68. The number of aliphatic hydroxyl groups excluding tert-OH is 1. The minimum atomic E-state index is -0.679. The molecule has 2 unspecified atom stereocenters. The molecule has 3 aliphatic heterocycles. The number of thioether (sulfide) groups is 1. The van der Waals surface area contributed by atoms with Gasteiger partial charge in [-0.3, -0.25) is 14.4 Å². The Balaban J connectivity index is 1.65. The van der Waals surface area contributed by atoms with Crippen LogP contribution in [0.5, 0.6) is 0 Å². The lowest BCUT2D eigenvalue weighted by molar-refractivity contribution is -0.143. The number of nitrogens with one attached hydrogen (secondary N) is 2. The predicted molar refractivity (Wildman–Crippen MR) is 147 cm³/mol. The van der Waals surface area contributed by atoms with E-state index in [2.05, 4.69) is 38.3 Å². The van der Waals surface area contributed by atoms with E-state index in [0.29, 0.717) is 19.5 Å². The topological polar surface area (TPSA) is 98.7 Å². The number of carbonyl (C=O) groups excluding carboxylic acids is 3. The standard InChI is InChI=1S/C29H43N3O4S/c1-5-6-10-15-30-26(35)24-29-14-13-28(4,37-29)22(25(34)31-17-20-11-8-7-9-12-20)23(29)27(36)32(24)21(18-33)16-19(2)3/h7-9,11-12,19,21-24,33H,5-6,10,13-18H2,1-4H3,(H,30,35)(H,31,34)/t21-,22-,23+,24?,28+,29?/m1/s1. The number of nitrogens with zero attached hydrogens (tertiary/aromatic N) is 1. The first-order chi connectivity index (χ1) is 17.7. The second kappa shape index (κ2) is 11.4. The molecule has 3 aliphatic rings. The number of fused-ring (bicyclic) bond motifs is 1. The molecule has 3 N–H and O–H groups in total. The van der Waals surface area contributed by atoms with E-state index in [0.717, 1.165) is 37.7 Å². The zero-order valence-electron chi connectivity index (χ0n) is 22.7. The summed E-state index contributed by atoms with van der Waals surface area (Å²) in [6.45, 7) is 9.11. The third kappa shape index (κ3) is 5.16. The maximum atomic E-state index is 14.2. The fourth-order valence-corrected chi connectivity index (χ4v) is 9.20. The van der Waals surface area contributed by atoms with Crippen molar-refractivity contribution in [1.82, 2.24) is 15.5 Å². The molecule has 3 saturated heterocycles. The first-order valence-electron chi connectivity index (χ1n) is 13.9. The molecule has 8 heteroatoms. The second-order valence-electron chi connectivity index (χ2n) is 11.6. The summed E-state index contributed by atoms with van der Waals surface area (Å²) in [5, 5.41) is 16.6. The third-order valence-electron chi connectivity index (χ3n) is 8.48. The van der Waals surface area contributed by atoms with Crippen LogP contribution in [0.4, 0.5) is 0 Å². The number of aliphatic hydroxyl groups is 1. The summed E-state index contributed by atoms with van der Waals surface area (Å²) in [5.74, 6) is -1.24.